The number of aliphatic carboxylic acids is 1. The minimum atomic E-state index is -0.745. The fourth-order valence-corrected chi connectivity index (χ4v) is 4.15. The lowest BCUT2D eigenvalue weighted by Crippen LogP contribution is -2.41. The molecule has 2 aromatic carbocycles. The molecule has 0 aliphatic carbocycles. The van der Waals surface area contributed by atoms with Crippen molar-refractivity contribution in [3.63, 3.8) is 0 Å². The predicted molar refractivity (Wildman–Crippen MR) is 116 cm³/mol. The number of hydrogen-bond acceptors (Lipinski definition) is 5. The van der Waals surface area contributed by atoms with Crippen molar-refractivity contribution in [2.75, 3.05) is 20.2 Å². The molecular formula is C25H27NO5. The Morgan fingerprint density at radius 2 is 2.00 bits per heavy atom. The third-order valence-corrected chi connectivity index (χ3v) is 5.72. The van der Waals surface area contributed by atoms with Crippen LogP contribution in [0.25, 0.3) is 0 Å². The molecule has 2 heterocycles. The Hall–Kier alpha value is -3.25. The standard InChI is InChI=1S/C25H27NO5/c1-29-23-15-19(11-12-21(23)31-17-18-7-3-2-4-8-18)24(22-10-6-14-30-22)26-13-5-9-20(16-26)25(27)28/h2-4,6-8,10-12,14-15,20,24H,5,9,13,16-17H2,1H3,(H,27,28). The highest BCUT2D eigenvalue weighted by atomic mass is 16.5. The van der Waals surface area contributed by atoms with Crippen molar-refractivity contribution < 1.29 is 23.8 Å². The average Bonchev–Trinajstić information content (AvgIpc) is 3.33. The van der Waals surface area contributed by atoms with Crippen LogP contribution in [0.5, 0.6) is 11.5 Å². The van der Waals surface area contributed by atoms with E-state index in [1.54, 1.807) is 13.4 Å². The monoisotopic (exact) mass is 421 g/mol. The van der Waals surface area contributed by atoms with Crippen LogP contribution in [0.3, 0.4) is 0 Å². The Balaban J connectivity index is 1.60. The Labute approximate surface area is 182 Å². The van der Waals surface area contributed by atoms with E-state index in [4.69, 9.17) is 13.9 Å². The molecule has 0 spiro atoms. The molecule has 6 nitrogen and oxygen atoms in total. The summed E-state index contributed by atoms with van der Waals surface area (Å²) in [6.07, 6.45) is 3.19. The van der Waals surface area contributed by atoms with Crippen LogP contribution in [0, 0.1) is 5.92 Å². The number of ether oxygens (including phenoxy) is 2. The zero-order valence-electron chi connectivity index (χ0n) is 17.6. The van der Waals surface area contributed by atoms with Crippen molar-refractivity contribution in [1.82, 2.24) is 4.90 Å². The third-order valence-electron chi connectivity index (χ3n) is 5.72. The molecule has 6 heteroatoms. The minimum Gasteiger partial charge on any atom is -0.493 e. The van der Waals surface area contributed by atoms with E-state index in [0.717, 1.165) is 29.9 Å². The molecule has 0 radical (unpaired) electrons. The molecule has 0 amide bonds. The highest BCUT2D eigenvalue weighted by Gasteiger charge is 2.33. The number of benzene rings is 2. The van der Waals surface area contributed by atoms with Crippen LogP contribution >= 0.6 is 0 Å². The summed E-state index contributed by atoms with van der Waals surface area (Å²) in [6.45, 7) is 1.74. The largest absolute Gasteiger partial charge is 0.493 e. The second-order valence-electron chi connectivity index (χ2n) is 7.77. The first-order valence-corrected chi connectivity index (χ1v) is 10.5. The van der Waals surface area contributed by atoms with Gasteiger partial charge in [-0.1, -0.05) is 36.4 Å². The SMILES string of the molecule is COc1cc(C(c2ccco2)N2CCCC(C(=O)O)C2)ccc1OCc1ccccc1. The first-order valence-electron chi connectivity index (χ1n) is 10.5. The van der Waals surface area contributed by atoms with Crippen molar-refractivity contribution >= 4 is 5.97 Å². The summed E-state index contributed by atoms with van der Waals surface area (Å²) in [5, 5.41) is 9.52. The second kappa shape index (κ2) is 9.71. The molecular weight excluding hydrogens is 394 g/mol. The zero-order valence-corrected chi connectivity index (χ0v) is 17.6. The van der Waals surface area contributed by atoms with Crippen LogP contribution in [0.15, 0.2) is 71.3 Å². The van der Waals surface area contributed by atoms with Crippen LogP contribution in [-0.4, -0.2) is 36.2 Å². The van der Waals surface area contributed by atoms with Gasteiger partial charge < -0.3 is 19.0 Å². The van der Waals surface area contributed by atoms with E-state index >= 15 is 0 Å². The summed E-state index contributed by atoms with van der Waals surface area (Å²) in [5.41, 5.74) is 2.06. The molecule has 0 saturated carbocycles. The van der Waals surface area contributed by atoms with Gasteiger partial charge in [-0.2, -0.15) is 0 Å². The van der Waals surface area contributed by atoms with Gasteiger partial charge in [-0.05, 0) is 54.8 Å². The van der Waals surface area contributed by atoms with Gasteiger partial charge in [-0.3, -0.25) is 9.69 Å². The van der Waals surface area contributed by atoms with Crippen LogP contribution in [0.2, 0.25) is 0 Å². The van der Waals surface area contributed by atoms with Gasteiger partial charge in [0.15, 0.2) is 11.5 Å². The van der Waals surface area contributed by atoms with Gasteiger partial charge in [0.25, 0.3) is 0 Å². The normalized spacial score (nSPS) is 17.8. The quantitative estimate of drug-likeness (QED) is 0.566. The van der Waals surface area contributed by atoms with Crippen molar-refractivity contribution in [2.45, 2.75) is 25.5 Å². The van der Waals surface area contributed by atoms with E-state index in [9.17, 15) is 9.90 Å². The molecule has 4 rings (SSSR count). The number of hydrogen-bond donors (Lipinski definition) is 1. The maximum absolute atomic E-state index is 11.6. The lowest BCUT2D eigenvalue weighted by Gasteiger charge is -2.36. The number of furan rings is 1. The fraction of sp³-hybridized carbons (Fsp3) is 0.320. The Kier molecular flexibility index (Phi) is 6.57. The molecule has 1 aromatic heterocycles. The molecule has 3 aromatic rings. The smallest absolute Gasteiger partial charge is 0.307 e. The summed E-state index contributed by atoms with van der Waals surface area (Å²) in [5.74, 6) is 0.963. The van der Waals surface area contributed by atoms with E-state index in [0.29, 0.717) is 31.1 Å². The zero-order chi connectivity index (χ0) is 21.6. The number of piperidine rings is 1. The summed E-state index contributed by atoms with van der Waals surface area (Å²) in [4.78, 5) is 13.8. The number of carboxylic acid groups (broad SMARTS) is 1. The van der Waals surface area contributed by atoms with Gasteiger partial charge in [0.2, 0.25) is 0 Å². The number of rotatable bonds is 8. The number of likely N-dealkylation sites (tertiary alicyclic amines) is 1. The fourth-order valence-electron chi connectivity index (χ4n) is 4.15. The van der Waals surface area contributed by atoms with E-state index in [-0.39, 0.29) is 12.0 Å². The molecule has 2 atom stereocenters. The molecule has 1 saturated heterocycles. The second-order valence-corrected chi connectivity index (χ2v) is 7.77. The maximum atomic E-state index is 11.6. The number of nitrogens with zero attached hydrogens (tertiary/aromatic N) is 1. The number of carbonyl (C=O) groups is 1. The molecule has 2 unspecified atom stereocenters. The Morgan fingerprint density at radius 3 is 2.71 bits per heavy atom. The van der Waals surface area contributed by atoms with Crippen LogP contribution in [0.4, 0.5) is 0 Å². The van der Waals surface area contributed by atoms with Gasteiger partial charge in [-0.15, -0.1) is 0 Å². The maximum Gasteiger partial charge on any atom is 0.307 e. The molecule has 1 fully saturated rings. The first kappa shape index (κ1) is 21.0. The van der Waals surface area contributed by atoms with E-state index in [1.807, 2.05) is 60.7 Å². The van der Waals surface area contributed by atoms with Gasteiger partial charge in [0.05, 0.1) is 25.3 Å². The van der Waals surface area contributed by atoms with Gasteiger partial charge in [-0.25, -0.2) is 0 Å². The first-order chi connectivity index (χ1) is 15.2. The van der Waals surface area contributed by atoms with Gasteiger partial charge >= 0.3 is 5.97 Å². The molecule has 162 valence electrons. The third kappa shape index (κ3) is 4.91. The number of methoxy groups -OCH3 is 1. The Bertz CT molecular complexity index is 986. The molecule has 1 N–H and O–H groups in total. The Morgan fingerprint density at radius 1 is 1.16 bits per heavy atom. The highest BCUT2D eigenvalue weighted by Crippen LogP contribution is 2.37. The van der Waals surface area contributed by atoms with Crippen LogP contribution in [-0.2, 0) is 11.4 Å². The van der Waals surface area contributed by atoms with E-state index in [2.05, 4.69) is 4.90 Å². The van der Waals surface area contributed by atoms with Crippen LogP contribution < -0.4 is 9.47 Å². The van der Waals surface area contributed by atoms with Gasteiger partial charge in [0, 0.05) is 6.54 Å². The lowest BCUT2D eigenvalue weighted by atomic mass is 9.93. The average molecular weight is 421 g/mol. The predicted octanol–water partition coefficient (Wildman–Crippen LogP) is 4.75. The topological polar surface area (TPSA) is 72.1 Å². The summed E-state index contributed by atoms with van der Waals surface area (Å²) in [7, 11) is 1.62. The van der Waals surface area contributed by atoms with Gasteiger partial charge in [0.1, 0.15) is 12.4 Å². The minimum absolute atomic E-state index is 0.186. The van der Waals surface area contributed by atoms with Crippen molar-refractivity contribution in [3.8, 4) is 11.5 Å². The molecule has 1 aliphatic rings. The van der Waals surface area contributed by atoms with Crippen LogP contribution in [0.1, 0.15) is 35.8 Å². The van der Waals surface area contributed by atoms with E-state index < -0.39 is 5.97 Å². The summed E-state index contributed by atoms with van der Waals surface area (Å²) >= 11 is 0. The molecule has 31 heavy (non-hydrogen) atoms. The lowest BCUT2D eigenvalue weighted by molar-refractivity contribution is -0.143. The van der Waals surface area contributed by atoms with Crippen molar-refractivity contribution in [3.05, 3.63) is 83.8 Å². The molecule has 0 bridgehead atoms. The summed E-state index contributed by atoms with van der Waals surface area (Å²) in [6, 6.07) is 19.4. The highest BCUT2D eigenvalue weighted by molar-refractivity contribution is 5.70. The van der Waals surface area contributed by atoms with Crippen molar-refractivity contribution in [1.29, 1.82) is 0 Å². The van der Waals surface area contributed by atoms with E-state index in [1.165, 1.54) is 0 Å². The van der Waals surface area contributed by atoms with Crippen molar-refractivity contribution in [2.24, 2.45) is 5.92 Å². The molecule has 1 aliphatic heterocycles. The summed E-state index contributed by atoms with van der Waals surface area (Å²) < 4.78 is 17.4. The number of carboxylic acids is 1.